The van der Waals surface area contributed by atoms with Crippen LogP contribution in [0.15, 0.2) is 48.5 Å². The Hall–Kier alpha value is -2.48. The quantitative estimate of drug-likeness (QED) is 0.421. The number of rotatable bonds is 9. The zero-order chi connectivity index (χ0) is 26.1. The third kappa shape index (κ3) is 6.05. The summed E-state index contributed by atoms with van der Waals surface area (Å²) >= 11 is 5.95. The van der Waals surface area contributed by atoms with E-state index < -0.39 is 12.2 Å². The lowest BCUT2D eigenvalue weighted by Crippen LogP contribution is -2.53. The van der Waals surface area contributed by atoms with E-state index in [9.17, 15) is 9.90 Å². The second-order valence-corrected chi connectivity index (χ2v) is 12.3. The number of aliphatic hydroxyl groups excluding tert-OH is 1. The van der Waals surface area contributed by atoms with Crippen LogP contribution in [0.25, 0.3) is 0 Å². The van der Waals surface area contributed by atoms with E-state index in [0.29, 0.717) is 40.8 Å². The molecule has 38 heavy (non-hydrogen) atoms. The van der Waals surface area contributed by atoms with E-state index in [4.69, 9.17) is 25.8 Å². The highest BCUT2D eigenvalue weighted by atomic mass is 35.5. The van der Waals surface area contributed by atoms with E-state index in [2.05, 4.69) is 10.2 Å². The van der Waals surface area contributed by atoms with Crippen molar-refractivity contribution in [2.75, 3.05) is 31.6 Å². The Balaban J connectivity index is 0.973. The predicted octanol–water partition coefficient (Wildman–Crippen LogP) is 5.75. The van der Waals surface area contributed by atoms with E-state index in [1.165, 1.54) is 19.3 Å². The summed E-state index contributed by atoms with van der Waals surface area (Å²) in [5.41, 5.74) is 0.266. The van der Waals surface area contributed by atoms with Crippen molar-refractivity contribution in [3.63, 3.8) is 0 Å². The van der Waals surface area contributed by atoms with Crippen LogP contribution in [0.3, 0.4) is 0 Å². The van der Waals surface area contributed by atoms with Crippen LogP contribution in [-0.4, -0.2) is 60.1 Å². The number of anilines is 1. The molecular weight excluding hydrogens is 504 g/mol. The van der Waals surface area contributed by atoms with E-state index >= 15 is 0 Å². The summed E-state index contributed by atoms with van der Waals surface area (Å²) in [4.78, 5) is 15.1. The van der Waals surface area contributed by atoms with Crippen LogP contribution < -0.4 is 14.8 Å². The maximum atomic E-state index is 12.9. The fourth-order valence-electron chi connectivity index (χ4n) is 7.49. The number of hydrogen-bond acceptors (Lipinski definition) is 6. The topological polar surface area (TPSA) is 80.3 Å². The van der Waals surface area contributed by atoms with Gasteiger partial charge >= 0.3 is 6.09 Å². The first-order valence-electron chi connectivity index (χ1n) is 14.0. The average Bonchev–Trinajstić information content (AvgIpc) is 3.30. The summed E-state index contributed by atoms with van der Waals surface area (Å²) in [6, 6.07) is 14.7. The largest absolute Gasteiger partial charge is 0.489 e. The van der Waals surface area contributed by atoms with Crippen molar-refractivity contribution in [1.29, 1.82) is 0 Å². The zero-order valence-electron chi connectivity index (χ0n) is 21.7. The number of carbonyl (C=O) groups is 1. The monoisotopic (exact) mass is 540 g/mol. The second kappa shape index (κ2) is 10.9. The van der Waals surface area contributed by atoms with Crippen molar-refractivity contribution in [3.05, 3.63) is 53.6 Å². The molecule has 0 aromatic heterocycles. The molecule has 7 nitrogen and oxygen atoms in total. The standard InChI is InChI=1S/C30H37ClN2O5/c31-23-5-7-25(8-6-23)37-26-9-10-33(18-26)17-24(34)19-36-28-4-2-1-3-27(28)32-29(35)38-30-14-20-11-21(15-30)13-22(12-20)16-30/h1-8,20-22,24,26,34H,9-19H2,(H,32,35). The Morgan fingerprint density at radius 2 is 1.74 bits per heavy atom. The van der Waals surface area contributed by atoms with Gasteiger partial charge in [-0.2, -0.15) is 0 Å². The van der Waals surface area contributed by atoms with E-state index in [0.717, 1.165) is 44.5 Å². The third-order valence-electron chi connectivity index (χ3n) is 8.66. The van der Waals surface area contributed by atoms with Gasteiger partial charge in [0.2, 0.25) is 0 Å². The first-order valence-corrected chi connectivity index (χ1v) is 14.3. The molecule has 2 unspecified atom stereocenters. The molecule has 4 bridgehead atoms. The van der Waals surface area contributed by atoms with E-state index in [1.54, 1.807) is 6.07 Å². The van der Waals surface area contributed by atoms with Gasteiger partial charge in [-0.3, -0.25) is 10.2 Å². The third-order valence-corrected chi connectivity index (χ3v) is 8.91. The molecule has 2 atom stereocenters. The molecule has 1 amide bonds. The van der Waals surface area contributed by atoms with Gasteiger partial charge in [-0.1, -0.05) is 23.7 Å². The molecule has 1 aliphatic heterocycles. The van der Waals surface area contributed by atoms with Gasteiger partial charge in [-0.25, -0.2) is 4.79 Å². The van der Waals surface area contributed by atoms with Gasteiger partial charge in [-0.05, 0) is 99.1 Å². The number of hydrogen-bond donors (Lipinski definition) is 2. The number of ether oxygens (including phenoxy) is 3. The molecule has 8 heteroatoms. The SMILES string of the molecule is O=C(Nc1ccccc1OCC(O)CN1CCC(Oc2ccc(Cl)cc2)C1)OC12CC3CC(CC(C3)C1)C2. The lowest BCUT2D eigenvalue weighted by Gasteiger charge is -2.55. The van der Waals surface area contributed by atoms with Crippen LogP contribution in [0.4, 0.5) is 10.5 Å². The summed E-state index contributed by atoms with van der Waals surface area (Å²) in [5, 5.41) is 14.3. The summed E-state index contributed by atoms with van der Waals surface area (Å²) in [7, 11) is 0. The average molecular weight is 541 g/mol. The molecule has 5 aliphatic rings. The zero-order valence-corrected chi connectivity index (χ0v) is 22.4. The number of amides is 1. The molecule has 7 rings (SSSR count). The molecule has 2 aromatic carbocycles. The van der Waals surface area contributed by atoms with Gasteiger partial charge in [0, 0.05) is 24.7 Å². The van der Waals surface area contributed by atoms with Crippen LogP contribution in [0.1, 0.15) is 44.9 Å². The van der Waals surface area contributed by atoms with Gasteiger partial charge in [0.05, 0.1) is 5.69 Å². The van der Waals surface area contributed by atoms with Crippen LogP contribution >= 0.6 is 11.6 Å². The summed E-state index contributed by atoms with van der Waals surface area (Å²) in [6.45, 7) is 2.21. The van der Waals surface area contributed by atoms with Gasteiger partial charge < -0.3 is 19.3 Å². The molecular formula is C30H37ClN2O5. The lowest BCUT2D eigenvalue weighted by atomic mass is 9.54. The van der Waals surface area contributed by atoms with Crippen LogP contribution in [-0.2, 0) is 4.74 Å². The van der Waals surface area contributed by atoms with E-state index in [-0.39, 0.29) is 18.3 Å². The van der Waals surface area contributed by atoms with E-state index in [1.807, 2.05) is 42.5 Å². The molecule has 0 radical (unpaired) electrons. The first kappa shape index (κ1) is 25.8. The minimum Gasteiger partial charge on any atom is -0.489 e. The number of benzene rings is 2. The fraction of sp³-hybridized carbons (Fsp3) is 0.567. The molecule has 1 saturated heterocycles. The van der Waals surface area contributed by atoms with Crippen molar-refractivity contribution >= 4 is 23.4 Å². The molecule has 5 fully saturated rings. The summed E-state index contributed by atoms with van der Waals surface area (Å²) < 4.78 is 18.1. The van der Waals surface area contributed by atoms with Gasteiger partial charge in [0.15, 0.2) is 0 Å². The number of likely N-dealkylation sites (tertiary alicyclic amines) is 1. The van der Waals surface area contributed by atoms with Gasteiger partial charge in [-0.15, -0.1) is 0 Å². The maximum absolute atomic E-state index is 12.9. The van der Waals surface area contributed by atoms with Crippen LogP contribution in [0, 0.1) is 17.8 Å². The van der Waals surface area contributed by atoms with Crippen molar-refractivity contribution in [2.24, 2.45) is 17.8 Å². The molecule has 2 N–H and O–H groups in total. The Bertz CT molecular complexity index is 1090. The second-order valence-electron chi connectivity index (χ2n) is 11.8. The fourth-order valence-corrected chi connectivity index (χ4v) is 7.61. The number of para-hydroxylation sites is 2. The Morgan fingerprint density at radius 1 is 1.05 bits per heavy atom. The molecule has 4 saturated carbocycles. The minimum atomic E-state index is -0.670. The number of aliphatic hydroxyl groups is 1. The molecule has 204 valence electrons. The molecule has 2 aromatic rings. The maximum Gasteiger partial charge on any atom is 0.412 e. The summed E-state index contributed by atoms with van der Waals surface area (Å²) in [6.07, 6.45) is 6.80. The van der Waals surface area contributed by atoms with Crippen molar-refractivity contribution in [2.45, 2.75) is 62.8 Å². The van der Waals surface area contributed by atoms with Crippen molar-refractivity contribution in [1.82, 2.24) is 4.90 Å². The Labute approximate surface area is 229 Å². The van der Waals surface area contributed by atoms with Gasteiger partial charge in [0.25, 0.3) is 0 Å². The predicted molar refractivity (Wildman–Crippen MR) is 146 cm³/mol. The Morgan fingerprint density at radius 3 is 2.45 bits per heavy atom. The highest BCUT2D eigenvalue weighted by molar-refractivity contribution is 6.30. The van der Waals surface area contributed by atoms with Crippen molar-refractivity contribution in [3.8, 4) is 11.5 Å². The molecule has 0 spiro atoms. The summed E-state index contributed by atoms with van der Waals surface area (Å²) in [5.74, 6) is 3.46. The number of nitrogens with one attached hydrogen (secondary N) is 1. The molecule has 4 aliphatic carbocycles. The number of nitrogens with zero attached hydrogens (tertiary/aromatic N) is 1. The Kier molecular flexibility index (Phi) is 7.43. The molecule has 1 heterocycles. The minimum absolute atomic E-state index is 0.0780. The van der Waals surface area contributed by atoms with Crippen molar-refractivity contribution < 1.29 is 24.1 Å². The first-order chi connectivity index (χ1) is 18.4. The smallest absolute Gasteiger partial charge is 0.412 e. The number of carbonyl (C=O) groups excluding carboxylic acids is 1. The number of β-amino-alcohol motifs (C(OH)–C–C–N with tert-alkyl or cyclic N) is 1. The highest BCUT2D eigenvalue weighted by Gasteiger charge is 2.53. The highest BCUT2D eigenvalue weighted by Crippen LogP contribution is 2.57. The normalized spacial score (nSPS) is 30.7. The van der Waals surface area contributed by atoms with Crippen LogP contribution in [0.2, 0.25) is 5.02 Å². The number of halogens is 1. The van der Waals surface area contributed by atoms with Gasteiger partial charge in [0.1, 0.15) is 35.9 Å². The lowest BCUT2D eigenvalue weighted by molar-refractivity contribution is -0.124. The van der Waals surface area contributed by atoms with Crippen LogP contribution in [0.5, 0.6) is 11.5 Å².